The Hall–Kier alpha value is -6.13. The molecule has 3 aliphatic rings. The van der Waals surface area contributed by atoms with Crippen molar-refractivity contribution >= 4 is 70.2 Å². The van der Waals surface area contributed by atoms with Crippen LogP contribution in [0, 0.1) is 17.1 Å². The first-order chi connectivity index (χ1) is 27.0. The number of nitrogens with one attached hydrogen (secondary N) is 3. The molecule has 57 heavy (non-hydrogen) atoms. The Morgan fingerprint density at radius 3 is 2.39 bits per heavy atom. The van der Waals surface area contributed by atoms with Crippen LogP contribution >= 0.6 is 12.2 Å². The smallest absolute Gasteiger partial charge is 0.417 e. The highest BCUT2D eigenvalue weighted by Crippen LogP contribution is 2.40. The third-order valence-electron chi connectivity index (χ3n) is 9.75. The Morgan fingerprint density at radius 2 is 1.74 bits per heavy atom. The van der Waals surface area contributed by atoms with Gasteiger partial charge in [-0.2, -0.15) is 18.4 Å². The van der Waals surface area contributed by atoms with Crippen LogP contribution in [0.1, 0.15) is 50.7 Å². The van der Waals surface area contributed by atoms with E-state index in [1.165, 1.54) is 43.0 Å². The van der Waals surface area contributed by atoms with Gasteiger partial charge in [0, 0.05) is 42.6 Å². The van der Waals surface area contributed by atoms with Crippen LogP contribution in [-0.4, -0.2) is 77.1 Å². The average molecular weight is 810 g/mol. The Kier molecular flexibility index (Phi) is 11.5. The molecule has 2 atom stereocenters. The maximum atomic E-state index is 15.6. The molecule has 3 aromatic rings. The van der Waals surface area contributed by atoms with Gasteiger partial charge in [0.25, 0.3) is 18.3 Å². The number of halogens is 4. The maximum Gasteiger partial charge on any atom is 0.417 e. The molecular weight excluding hydrogens is 775 g/mol. The quantitative estimate of drug-likeness (QED) is 0.104. The zero-order chi connectivity index (χ0) is 41.2. The number of benzene rings is 3. The minimum absolute atomic E-state index is 0.116. The van der Waals surface area contributed by atoms with Gasteiger partial charge in [-0.25, -0.2) is 4.39 Å². The topological polar surface area (TPSA) is 173 Å². The van der Waals surface area contributed by atoms with E-state index in [1.807, 2.05) is 0 Å². The van der Waals surface area contributed by atoms with E-state index < -0.39 is 64.8 Å². The summed E-state index contributed by atoms with van der Waals surface area (Å²) >= 11 is 5.55. The van der Waals surface area contributed by atoms with Crippen LogP contribution in [-0.2, 0) is 34.9 Å². The summed E-state index contributed by atoms with van der Waals surface area (Å²) in [6, 6.07) is 14.1. The Morgan fingerprint density at radius 1 is 1.04 bits per heavy atom. The van der Waals surface area contributed by atoms with Crippen LogP contribution in [0.5, 0.6) is 5.75 Å². The van der Waals surface area contributed by atoms with Gasteiger partial charge in [-0.15, -0.1) is 0 Å². The van der Waals surface area contributed by atoms with Crippen molar-refractivity contribution in [3.8, 4) is 11.8 Å². The number of nitriles is 1. The standard InChI is InChI=1S/C38H35F4N7O7S/c1-37(2)35(54)48(24-7-6-21(19-43)27(17-24)38(40,41)42)36(57)49(37)25-8-10-30(28(39)18-25)56-26-12-14-47(15-13-26)34(55-20-50)33(53)45-23-5-3-4-22(16-23)44-29-9-11-31(51)46-32(29)52/h3-8,10,16-18,20,26,29,34,44H,9,11-15H2,1-2H3,(H,45,53)(H,46,51,52). The van der Waals surface area contributed by atoms with Gasteiger partial charge in [0.05, 0.1) is 22.9 Å². The van der Waals surface area contributed by atoms with Gasteiger partial charge in [-0.05, 0) is 93.9 Å². The number of hydrogen-bond donors (Lipinski definition) is 3. The molecule has 3 heterocycles. The molecule has 19 heteroatoms. The normalized spacial score (nSPS) is 19.4. The lowest BCUT2D eigenvalue weighted by molar-refractivity contribution is -0.156. The second-order valence-electron chi connectivity index (χ2n) is 13.9. The number of likely N-dealkylation sites (tertiary alicyclic amines) is 1. The van der Waals surface area contributed by atoms with Crippen molar-refractivity contribution in [1.82, 2.24) is 10.2 Å². The number of hydrogen-bond acceptors (Lipinski definition) is 11. The van der Waals surface area contributed by atoms with Crippen molar-refractivity contribution in [3.05, 3.63) is 77.6 Å². The van der Waals surface area contributed by atoms with E-state index in [0.29, 0.717) is 36.7 Å². The number of carbonyl (C=O) groups is 5. The average Bonchev–Trinajstić information content (AvgIpc) is 3.34. The summed E-state index contributed by atoms with van der Waals surface area (Å²) in [5.74, 6) is -3.02. The number of ether oxygens (including phenoxy) is 2. The van der Waals surface area contributed by atoms with Crippen molar-refractivity contribution in [2.75, 3.05) is 33.5 Å². The van der Waals surface area contributed by atoms with Crippen LogP contribution in [0.3, 0.4) is 0 Å². The summed E-state index contributed by atoms with van der Waals surface area (Å²) in [5.41, 5.74) is -2.48. The van der Waals surface area contributed by atoms with E-state index in [2.05, 4.69) is 16.0 Å². The van der Waals surface area contributed by atoms with Crippen LogP contribution in [0.4, 0.5) is 40.3 Å². The third kappa shape index (κ3) is 8.51. The zero-order valence-corrected chi connectivity index (χ0v) is 31.2. The molecule has 6 rings (SSSR count). The summed E-state index contributed by atoms with van der Waals surface area (Å²) < 4.78 is 67.9. The number of carbonyl (C=O) groups excluding carboxylic acids is 5. The third-order valence-corrected chi connectivity index (χ3v) is 10.1. The first-order valence-electron chi connectivity index (χ1n) is 17.6. The Balaban J connectivity index is 1.08. The van der Waals surface area contributed by atoms with E-state index in [9.17, 15) is 42.4 Å². The van der Waals surface area contributed by atoms with Crippen molar-refractivity contribution in [1.29, 1.82) is 5.26 Å². The predicted octanol–water partition coefficient (Wildman–Crippen LogP) is 4.83. The van der Waals surface area contributed by atoms with E-state index in [4.69, 9.17) is 21.7 Å². The maximum absolute atomic E-state index is 15.6. The fraction of sp³-hybridized carbons (Fsp3) is 0.342. The second-order valence-corrected chi connectivity index (χ2v) is 14.3. The van der Waals surface area contributed by atoms with Crippen LogP contribution in [0.15, 0.2) is 60.7 Å². The van der Waals surface area contributed by atoms with Crippen molar-refractivity contribution < 1.29 is 51.0 Å². The number of alkyl halides is 3. The largest absolute Gasteiger partial charge is 0.487 e. The highest BCUT2D eigenvalue weighted by molar-refractivity contribution is 7.81. The molecule has 0 radical (unpaired) electrons. The monoisotopic (exact) mass is 809 g/mol. The lowest BCUT2D eigenvalue weighted by Crippen LogP contribution is -2.50. The minimum Gasteiger partial charge on any atom is -0.487 e. The number of piperidine rings is 2. The van der Waals surface area contributed by atoms with Gasteiger partial charge in [0.15, 0.2) is 16.7 Å². The zero-order valence-electron chi connectivity index (χ0n) is 30.4. The highest BCUT2D eigenvalue weighted by Gasteiger charge is 2.51. The van der Waals surface area contributed by atoms with E-state index >= 15 is 4.39 Å². The fourth-order valence-corrected chi connectivity index (χ4v) is 7.40. The molecule has 0 saturated carbocycles. The Labute approximate surface area is 328 Å². The number of nitrogens with zero attached hydrogens (tertiary/aromatic N) is 4. The molecule has 3 fully saturated rings. The number of thiocarbonyl (C=S) groups is 1. The van der Waals surface area contributed by atoms with Gasteiger partial charge >= 0.3 is 6.18 Å². The molecule has 0 aliphatic carbocycles. The lowest BCUT2D eigenvalue weighted by Gasteiger charge is -2.35. The molecule has 4 amide bonds. The van der Waals surface area contributed by atoms with Gasteiger partial charge < -0.3 is 25.0 Å². The first kappa shape index (κ1) is 40.5. The fourth-order valence-electron chi connectivity index (χ4n) is 6.88. The van der Waals surface area contributed by atoms with Crippen LogP contribution in [0.25, 0.3) is 0 Å². The summed E-state index contributed by atoms with van der Waals surface area (Å²) in [5, 5.41) is 17.0. The molecular formula is C38H35F4N7O7S. The van der Waals surface area contributed by atoms with Gasteiger partial charge in [0.1, 0.15) is 17.7 Å². The molecule has 14 nitrogen and oxygen atoms in total. The van der Waals surface area contributed by atoms with Crippen molar-refractivity contribution in [2.24, 2.45) is 0 Å². The van der Waals surface area contributed by atoms with Crippen molar-refractivity contribution in [3.63, 3.8) is 0 Å². The molecule has 0 bridgehead atoms. The minimum atomic E-state index is -4.87. The van der Waals surface area contributed by atoms with Gasteiger partial charge in [-0.3, -0.25) is 39.1 Å². The van der Waals surface area contributed by atoms with E-state index in [0.717, 1.165) is 17.0 Å². The highest BCUT2D eigenvalue weighted by atomic mass is 32.1. The molecule has 298 valence electrons. The van der Waals surface area contributed by atoms with Crippen LogP contribution < -0.4 is 30.5 Å². The molecule has 3 N–H and O–H groups in total. The van der Waals surface area contributed by atoms with Gasteiger partial charge in [0.2, 0.25) is 18.0 Å². The van der Waals surface area contributed by atoms with Gasteiger partial charge in [-0.1, -0.05) is 6.07 Å². The number of imide groups is 1. The molecule has 0 spiro atoms. The Bertz CT molecular complexity index is 2170. The number of rotatable bonds is 11. The molecule has 3 aliphatic heterocycles. The second kappa shape index (κ2) is 16.2. The lowest BCUT2D eigenvalue weighted by atomic mass is 10.0. The molecule has 2 unspecified atom stereocenters. The van der Waals surface area contributed by atoms with Crippen LogP contribution in [0.2, 0.25) is 0 Å². The SMILES string of the molecule is CC1(C)C(=O)N(c2ccc(C#N)c(C(F)(F)F)c2)C(=S)N1c1ccc(OC2CCN(C(OC=O)C(=O)Nc3cccc(NC4CCC(=O)NC4=O)c3)CC2)c(F)c1. The number of anilines is 4. The van der Waals surface area contributed by atoms with Crippen molar-refractivity contribution in [2.45, 2.75) is 69.6 Å². The first-order valence-corrected chi connectivity index (χ1v) is 18.0. The number of amides is 4. The summed E-state index contributed by atoms with van der Waals surface area (Å²) in [4.78, 5) is 65.7. The molecule has 3 saturated heterocycles. The van der Waals surface area contributed by atoms with E-state index in [1.54, 1.807) is 29.2 Å². The predicted molar refractivity (Wildman–Crippen MR) is 200 cm³/mol. The van der Waals surface area contributed by atoms with E-state index in [-0.39, 0.29) is 54.1 Å². The summed E-state index contributed by atoms with van der Waals surface area (Å²) in [7, 11) is 0. The molecule has 3 aromatic carbocycles. The summed E-state index contributed by atoms with van der Waals surface area (Å²) in [6.07, 6.45) is -5.55. The summed E-state index contributed by atoms with van der Waals surface area (Å²) in [6.45, 7) is 3.61. The molecule has 0 aromatic heterocycles.